The summed E-state index contributed by atoms with van der Waals surface area (Å²) in [6.07, 6.45) is 12.0. The molecule has 3 aromatic heterocycles. The number of nitrogens with zero attached hydrogens (tertiary/aromatic N) is 3. The highest BCUT2D eigenvalue weighted by molar-refractivity contribution is 6.33. The van der Waals surface area contributed by atoms with E-state index in [-0.39, 0.29) is 27.7 Å². The van der Waals surface area contributed by atoms with Gasteiger partial charge in [-0.3, -0.25) is 14.9 Å². The van der Waals surface area contributed by atoms with Gasteiger partial charge in [-0.05, 0) is 54.3 Å². The van der Waals surface area contributed by atoms with Gasteiger partial charge in [0.25, 0.3) is 11.1 Å². The Morgan fingerprint density at radius 1 is 0.672 bits per heavy atom. The number of rotatable bonds is 10. The number of anilines is 4. The lowest BCUT2D eigenvalue weighted by Gasteiger charge is -2.15. The number of pyridine rings is 3. The molecule has 0 fully saturated rings. The van der Waals surface area contributed by atoms with Crippen LogP contribution in [0.2, 0.25) is 5.02 Å². The largest absolute Gasteiger partial charge is 0.324 e. The molecule has 6 rings (SSSR count). The minimum atomic E-state index is -0.539. The van der Waals surface area contributed by atoms with Crippen molar-refractivity contribution >= 4 is 68.1 Å². The van der Waals surface area contributed by atoms with Gasteiger partial charge in [-0.2, -0.15) is 0 Å². The summed E-state index contributed by atoms with van der Waals surface area (Å²) in [6, 6.07) is 22.4. The van der Waals surface area contributed by atoms with Crippen molar-refractivity contribution in [3.63, 3.8) is 0 Å². The molecule has 0 atom stereocenters. The fraction of sp³-hybridized carbons (Fsp3) is 0.178. The number of urea groups is 2. The number of allylic oxidation sites excluding steroid dienone is 4. The number of hydrogen-bond donors (Lipinski definition) is 4. The van der Waals surface area contributed by atoms with Crippen molar-refractivity contribution in [3.05, 3.63) is 173 Å². The van der Waals surface area contributed by atoms with E-state index in [2.05, 4.69) is 39.4 Å². The van der Waals surface area contributed by atoms with E-state index in [0.29, 0.717) is 57.7 Å². The Balaban J connectivity index is 0.000000226. The van der Waals surface area contributed by atoms with Crippen LogP contribution in [0.4, 0.5) is 36.9 Å². The first-order valence-corrected chi connectivity index (χ1v) is 18.9. The van der Waals surface area contributed by atoms with Crippen molar-refractivity contribution in [3.8, 4) is 0 Å². The lowest BCUT2D eigenvalue weighted by atomic mass is 10.1. The zero-order valence-corrected chi connectivity index (χ0v) is 33.6. The van der Waals surface area contributed by atoms with Crippen LogP contribution >= 0.6 is 11.6 Å². The second-order valence-electron chi connectivity index (χ2n) is 13.7. The molecular formula is C45H47ClFN7O4. The Labute approximate surface area is 341 Å². The van der Waals surface area contributed by atoms with Gasteiger partial charge in [0.1, 0.15) is 11.6 Å². The number of halogens is 2. The number of amides is 4. The highest BCUT2D eigenvalue weighted by atomic mass is 35.5. The number of nitrogens with one attached hydrogen (secondary N) is 4. The molecule has 11 nitrogen and oxygen atoms in total. The molecule has 0 aliphatic carbocycles. The third-order valence-electron chi connectivity index (χ3n) is 8.08. The summed E-state index contributed by atoms with van der Waals surface area (Å²) in [5, 5.41) is 13.4. The number of carbonyl (C=O) groups excluding carboxylic acids is 2. The summed E-state index contributed by atoms with van der Waals surface area (Å²) in [6.45, 7) is 16.2. The van der Waals surface area contributed by atoms with Crippen LogP contribution in [-0.2, 0) is 13.1 Å². The molecular weight excluding hydrogens is 757 g/mol. The summed E-state index contributed by atoms with van der Waals surface area (Å²) in [5.74, 6) is 0.551. The molecule has 0 aliphatic heterocycles. The minimum absolute atomic E-state index is 0.0556. The van der Waals surface area contributed by atoms with Gasteiger partial charge in [0.15, 0.2) is 0 Å². The maximum atomic E-state index is 13.1. The predicted octanol–water partition coefficient (Wildman–Crippen LogP) is 10.7. The molecule has 4 amide bonds. The number of fused-ring (bicyclic) bond motifs is 2. The Hall–Kier alpha value is -6.79. The van der Waals surface area contributed by atoms with E-state index >= 15 is 0 Å². The lowest BCUT2D eigenvalue weighted by Crippen LogP contribution is -2.25. The van der Waals surface area contributed by atoms with Crippen LogP contribution in [0.15, 0.2) is 151 Å². The van der Waals surface area contributed by atoms with E-state index in [1.807, 2.05) is 58.0 Å². The van der Waals surface area contributed by atoms with Crippen LogP contribution in [0, 0.1) is 17.7 Å². The van der Waals surface area contributed by atoms with Gasteiger partial charge in [0.2, 0.25) is 0 Å². The fourth-order valence-electron chi connectivity index (χ4n) is 5.67. The van der Waals surface area contributed by atoms with Crippen LogP contribution in [0.25, 0.3) is 21.5 Å². The standard InChI is InChI=1S/C20H19ClFN3O2.C19H20N4O2.C6H8/c1-12(2)10-25-11-18(14-5-3-4-6-15(14)19(25)26)24-20(27)23-17-8-7-13(22)9-16(17)21;1-13(2)11-23-12-16(14-7-3-4-8-15(14)18(23)24)21-19(25)22-17-9-5-6-10-20-17;1-3-5-6-4-2/h3-9,11-12H,10H2,1-2H3,(H2,23,24,27);3-10,12-13H,11H2,1-2H3,(H2,20,21,22,25);3-6H,1-2H2/b;;6-5-. The van der Waals surface area contributed by atoms with Crippen LogP contribution in [-0.4, -0.2) is 26.2 Å². The molecule has 3 heterocycles. The Morgan fingerprint density at radius 2 is 1.12 bits per heavy atom. The lowest BCUT2D eigenvalue weighted by molar-refractivity contribution is 0.261. The molecule has 0 unspecified atom stereocenters. The van der Waals surface area contributed by atoms with Crippen molar-refractivity contribution in [2.24, 2.45) is 11.8 Å². The molecule has 3 aromatic carbocycles. The highest BCUT2D eigenvalue weighted by Crippen LogP contribution is 2.25. The normalized spacial score (nSPS) is 10.7. The summed E-state index contributed by atoms with van der Waals surface area (Å²) >= 11 is 5.95. The second kappa shape index (κ2) is 21.5. The molecule has 58 heavy (non-hydrogen) atoms. The fourth-order valence-corrected chi connectivity index (χ4v) is 5.89. The van der Waals surface area contributed by atoms with Crippen LogP contribution in [0.3, 0.4) is 0 Å². The maximum Gasteiger partial charge on any atom is 0.324 e. The molecule has 0 spiro atoms. The summed E-state index contributed by atoms with van der Waals surface area (Å²) in [5.41, 5.74) is 1.22. The quantitative estimate of drug-likeness (QED) is 0.102. The van der Waals surface area contributed by atoms with Crippen molar-refractivity contribution in [2.75, 3.05) is 21.3 Å². The monoisotopic (exact) mass is 803 g/mol. The highest BCUT2D eigenvalue weighted by Gasteiger charge is 2.14. The zero-order valence-electron chi connectivity index (χ0n) is 32.8. The van der Waals surface area contributed by atoms with Crippen molar-refractivity contribution in [2.45, 2.75) is 40.8 Å². The van der Waals surface area contributed by atoms with Gasteiger partial charge in [0.05, 0.1) is 22.1 Å². The Bertz CT molecular complexity index is 2520. The average Bonchev–Trinajstić information content (AvgIpc) is 3.19. The van der Waals surface area contributed by atoms with Gasteiger partial charge < -0.3 is 25.1 Å². The molecule has 13 heteroatoms. The van der Waals surface area contributed by atoms with Crippen LogP contribution < -0.4 is 32.4 Å². The zero-order chi connectivity index (χ0) is 42.2. The Morgan fingerprint density at radius 3 is 1.55 bits per heavy atom. The van der Waals surface area contributed by atoms with Crippen molar-refractivity contribution in [1.82, 2.24) is 14.1 Å². The number of hydrogen-bond acceptors (Lipinski definition) is 5. The number of aromatic nitrogens is 3. The van der Waals surface area contributed by atoms with Crippen LogP contribution in [0.1, 0.15) is 27.7 Å². The molecule has 4 N–H and O–H groups in total. The first kappa shape index (κ1) is 43.9. The Kier molecular flexibility index (Phi) is 16.3. The number of carbonyl (C=O) groups is 2. The van der Waals surface area contributed by atoms with Gasteiger partial charge in [-0.25, -0.2) is 19.0 Å². The molecule has 0 aliphatic rings. The van der Waals surface area contributed by atoms with E-state index in [1.165, 1.54) is 12.1 Å². The summed E-state index contributed by atoms with van der Waals surface area (Å²) < 4.78 is 16.4. The molecule has 0 radical (unpaired) electrons. The molecule has 6 aromatic rings. The van der Waals surface area contributed by atoms with E-state index in [1.54, 1.807) is 88.4 Å². The van der Waals surface area contributed by atoms with E-state index in [9.17, 15) is 23.6 Å². The maximum absolute atomic E-state index is 13.1. The van der Waals surface area contributed by atoms with Gasteiger partial charge in [0, 0.05) is 53.2 Å². The first-order chi connectivity index (χ1) is 27.8. The second-order valence-corrected chi connectivity index (χ2v) is 14.1. The van der Waals surface area contributed by atoms with Gasteiger partial charge in [-0.15, -0.1) is 0 Å². The van der Waals surface area contributed by atoms with Crippen LogP contribution in [0.5, 0.6) is 0 Å². The average molecular weight is 804 g/mol. The van der Waals surface area contributed by atoms with E-state index in [0.717, 1.165) is 6.07 Å². The third kappa shape index (κ3) is 12.6. The molecule has 0 saturated heterocycles. The topological polar surface area (TPSA) is 139 Å². The molecule has 0 saturated carbocycles. The SMILES string of the molecule is C=C/C=C\C=C.CC(C)Cn1cc(NC(=O)Nc2ccc(F)cc2Cl)c2ccccc2c1=O.CC(C)Cn1cc(NC(=O)Nc2ccccn2)c2ccccc2c1=O. The summed E-state index contributed by atoms with van der Waals surface area (Å²) in [4.78, 5) is 54.0. The van der Waals surface area contributed by atoms with Gasteiger partial charge >= 0.3 is 12.1 Å². The van der Waals surface area contributed by atoms with Crippen molar-refractivity contribution < 1.29 is 14.0 Å². The summed E-state index contributed by atoms with van der Waals surface area (Å²) in [7, 11) is 0. The molecule has 0 bridgehead atoms. The first-order valence-electron chi connectivity index (χ1n) is 18.5. The van der Waals surface area contributed by atoms with E-state index in [4.69, 9.17) is 11.6 Å². The van der Waals surface area contributed by atoms with E-state index < -0.39 is 17.9 Å². The predicted molar refractivity (Wildman–Crippen MR) is 237 cm³/mol. The third-order valence-corrected chi connectivity index (χ3v) is 8.39. The minimum Gasteiger partial charge on any atom is -0.313 e. The number of benzene rings is 3. The van der Waals surface area contributed by atoms with Gasteiger partial charge in [-0.1, -0.05) is 119 Å². The van der Waals surface area contributed by atoms with Crippen molar-refractivity contribution in [1.29, 1.82) is 0 Å². The molecule has 300 valence electrons. The smallest absolute Gasteiger partial charge is 0.313 e.